The number of nitrogens with one attached hydrogen (secondary N) is 1. The average Bonchev–Trinajstić information content (AvgIpc) is 2.60. The molecule has 0 atom stereocenters. The molecule has 0 aliphatic carbocycles. The summed E-state index contributed by atoms with van der Waals surface area (Å²) in [5, 5.41) is 10.4. The predicted octanol–water partition coefficient (Wildman–Crippen LogP) is 1.05. The zero-order chi connectivity index (χ0) is 14.2. The standard InChI is InChI=1S/C8H6BrF2N5O2S/c1-16-13-8(12-15-16)14-19(17,18)7-5(9)2-4(10)3-6(7)11/h2-3H,1H3,(H,13,14). The second-order valence-corrected chi connectivity index (χ2v) is 5.88. The van der Waals surface area contributed by atoms with Gasteiger partial charge in [0, 0.05) is 10.5 Å². The smallest absolute Gasteiger partial charge is 0.244 e. The molecule has 0 unspecified atom stereocenters. The van der Waals surface area contributed by atoms with Crippen molar-refractivity contribution in [3.63, 3.8) is 0 Å². The summed E-state index contributed by atoms with van der Waals surface area (Å²) < 4.78 is 52.0. The van der Waals surface area contributed by atoms with Crippen LogP contribution >= 0.6 is 15.9 Å². The number of anilines is 1. The molecule has 1 heterocycles. The fraction of sp³-hybridized carbons (Fsp3) is 0.125. The van der Waals surface area contributed by atoms with Gasteiger partial charge in [0.15, 0.2) is 0 Å². The minimum absolute atomic E-state index is 0.249. The molecule has 11 heteroatoms. The Morgan fingerprint density at radius 3 is 2.58 bits per heavy atom. The molecule has 0 aliphatic rings. The van der Waals surface area contributed by atoms with Crippen LogP contribution in [0.4, 0.5) is 14.7 Å². The van der Waals surface area contributed by atoms with E-state index in [-0.39, 0.29) is 10.4 Å². The molecule has 0 amide bonds. The molecule has 1 N–H and O–H groups in total. The second-order valence-electron chi connectivity index (χ2n) is 3.41. The quantitative estimate of drug-likeness (QED) is 0.890. The summed E-state index contributed by atoms with van der Waals surface area (Å²) in [6.45, 7) is 0. The van der Waals surface area contributed by atoms with E-state index in [1.807, 2.05) is 4.72 Å². The summed E-state index contributed by atoms with van der Waals surface area (Å²) in [7, 11) is -2.87. The van der Waals surface area contributed by atoms with Crippen molar-refractivity contribution in [1.82, 2.24) is 20.2 Å². The highest BCUT2D eigenvalue weighted by Crippen LogP contribution is 2.27. The largest absolute Gasteiger partial charge is 0.277 e. The lowest BCUT2D eigenvalue weighted by atomic mass is 10.3. The van der Waals surface area contributed by atoms with E-state index in [9.17, 15) is 17.2 Å². The number of benzene rings is 1. The van der Waals surface area contributed by atoms with E-state index in [4.69, 9.17) is 0 Å². The number of halogens is 3. The molecule has 0 spiro atoms. The number of aryl methyl sites for hydroxylation is 1. The van der Waals surface area contributed by atoms with Gasteiger partial charge >= 0.3 is 0 Å². The molecule has 0 aliphatic heterocycles. The lowest BCUT2D eigenvalue weighted by Gasteiger charge is -2.07. The highest BCUT2D eigenvalue weighted by Gasteiger charge is 2.25. The molecule has 0 saturated carbocycles. The summed E-state index contributed by atoms with van der Waals surface area (Å²) in [6, 6.07) is 1.30. The van der Waals surface area contributed by atoms with E-state index in [0.717, 1.165) is 10.9 Å². The summed E-state index contributed by atoms with van der Waals surface area (Å²) >= 11 is 2.79. The lowest BCUT2D eigenvalue weighted by molar-refractivity contribution is 0.548. The zero-order valence-electron chi connectivity index (χ0n) is 9.30. The summed E-state index contributed by atoms with van der Waals surface area (Å²) in [5.74, 6) is -2.46. The Bertz CT molecular complexity index is 709. The molecule has 19 heavy (non-hydrogen) atoms. The second kappa shape index (κ2) is 4.81. The highest BCUT2D eigenvalue weighted by atomic mass is 79.9. The van der Waals surface area contributed by atoms with Crippen molar-refractivity contribution in [2.75, 3.05) is 4.72 Å². The Kier molecular flexibility index (Phi) is 3.49. The van der Waals surface area contributed by atoms with Crippen molar-refractivity contribution in [3.8, 4) is 0 Å². The Balaban J connectivity index is 2.45. The minimum atomic E-state index is -4.29. The van der Waals surface area contributed by atoms with Gasteiger partial charge in [-0.15, -0.1) is 5.10 Å². The normalized spacial score (nSPS) is 11.6. The summed E-state index contributed by atoms with van der Waals surface area (Å²) in [6.07, 6.45) is 0. The van der Waals surface area contributed by atoms with Gasteiger partial charge in [-0.05, 0) is 27.2 Å². The van der Waals surface area contributed by atoms with Crippen molar-refractivity contribution < 1.29 is 17.2 Å². The lowest BCUT2D eigenvalue weighted by Crippen LogP contribution is -2.16. The van der Waals surface area contributed by atoms with Crippen molar-refractivity contribution in [3.05, 3.63) is 28.2 Å². The number of aromatic nitrogens is 4. The molecular weight excluding hydrogens is 348 g/mol. The summed E-state index contributed by atoms with van der Waals surface area (Å²) in [4.78, 5) is 0.287. The predicted molar refractivity (Wildman–Crippen MR) is 63.7 cm³/mol. The number of sulfonamides is 1. The van der Waals surface area contributed by atoms with Gasteiger partial charge in [-0.2, -0.15) is 4.80 Å². The van der Waals surface area contributed by atoms with Crippen LogP contribution in [0.3, 0.4) is 0 Å². The minimum Gasteiger partial charge on any atom is -0.244 e. The van der Waals surface area contributed by atoms with Gasteiger partial charge in [0.2, 0.25) is 0 Å². The maximum Gasteiger partial charge on any atom is 0.277 e. The number of nitrogens with zero attached hydrogens (tertiary/aromatic N) is 4. The van der Waals surface area contributed by atoms with Gasteiger partial charge in [-0.1, -0.05) is 5.10 Å². The van der Waals surface area contributed by atoms with E-state index in [2.05, 4.69) is 31.3 Å². The van der Waals surface area contributed by atoms with E-state index in [0.29, 0.717) is 6.07 Å². The monoisotopic (exact) mass is 353 g/mol. The van der Waals surface area contributed by atoms with Crippen LogP contribution in [0.2, 0.25) is 0 Å². The first-order valence-corrected chi connectivity index (χ1v) is 6.98. The van der Waals surface area contributed by atoms with Crippen LogP contribution in [0.1, 0.15) is 0 Å². The van der Waals surface area contributed by atoms with Crippen LogP contribution in [-0.4, -0.2) is 28.6 Å². The number of rotatable bonds is 3. The molecule has 0 fully saturated rings. The molecule has 0 saturated heterocycles. The third-order valence-corrected chi connectivity index (χ3v) is 4.26. The van der Waals surface area contributed by atoms with E-state index < -0.39 is 26.6 Å². The van der Waals surface area contributed by atoms with Crippen LogP contribution in [0, 0.1) is 11.6 Å². The first-order valence-electron chi connectivity index (χ1n) is 4.71. The molecule has 0 bridgehead atoms. The Morgan fingerprint density at radius 1 is 1.37 bits per heavy atom. The van der Waals surface area contributed by atoms with Crippen LogP contribution in [0.5, 0.6) is 0 Å². The van der Waals surface area contributed by atoms with Crippen molar-refractivity contribution >= 4 is 31.9 Å². The first-order chi connectivity index (χ1) is 8.79. The van der Waals surface area contributed by atoms with Gasteiger partial charge in [-0.25, -0.2) is 21.9 Å². The van der Waals surface area contributed by atoms with Crippen molar-refractivity contribution in [2.24, 2.45) is 7.05 Å². The Hall–Kier alpha value is -1.62. The third-order valence-electron chi connectivity index (χ3n) is 1.97. The molecule has 102 valence electrons. The zero-order valence-corrected chi connectivity index (χ0v) is 11.7. The fourth-order valence-electron chi connectivity index (χ4n) is 1.28. The fourth-order valence-corrected chi connectivity index (χ4v) is 3.38. The van der Waals surface area contributed by atoms with E-state index in [1.165, 1.54) is 7.05 Å². The molecule has 2 rings (SSSR count). The molecule has 7 nitrogen and oxygen atoms in total. The van der Waals surface area contributed by atoms with Gasteiger partial charge in [-0.3, -0.25) is 0 Å². The number of hydrogen-bond donors (Lipinski definition) is 1. The van der Waals surface area contributed by atoms with Crippen molar-refractivity contribution in [2.45, 2.75) is 4.90 Å². The Labute approximate surface area is 114 Å². The number of hydrogen-bond acceptors (Lipinski definition) is 5. The van der Waals surface area contributed by atoms with E-state index >= 15 is 0 Å². The maximum atomic E-state index is 13.6. The molecule has 1 aromatic carbocycles. The third kappa shape index (κ3) is 2.87. The molecule has 2 aromatic rings. The van der Waals surface area contributed by atoms with Crippen LogP contribution in [0.25, 0.3) is 0 Å². The first kappa shape index (κ1) is 13.8. The van der Waals surface area contributed by atoms with E-state index in [1.54, 1.807) is 0 Å². The van der Waals surface area contributed by atoms with Crippen LogP contribution < -0.4 is 4.72 Å². The Morgan fingerprint density at radius 2 is 2.05 bits per heavy atom. The average molecular weight is 354 g/mol. The van der Waals surface area contributed by atoms with Crippen LogP contribution in [0.15, 0.2) is 21.5 Å². The van der Waals surface area contributed by atoms with Gasteiger partial charge < -0.3 is 0 Å². The van der Waals surface area contributed by atoms with Crippen molar-refractivity contribution in [1.29, 1.82) is 0 Å². The summed E-state index contributed by atoms with van der Waals surface area (Å²) in [5.41, 5.74) is 0. The highest BCUT2D eigenvalue weighted by molar-refractivity contribution is 9.10. The van der Waals surface area contributed by atoms with Gasteiger partial charge in [0.25, 0.3) is 16.0 Å². The van der Waals surface area contributed by atoms with Gasteiger partial charge in [0.05, 0.1) is 7.05 Å². The molecule has 0 radical (unpaired) electrons. The topological polar surface area (TPSA) is 89.8 Å². The number of tetrazole rings is 1. The maximum absolute atomic E-state index is 13.6. The molecule has 1 aromatic heterocycles. The van der Waals surface area contributed by atoms with Crippen LogP contribution in [-0.2, 0) is 17.1 Å². The SMILES string of the molecule is Cn1nnc(NS(=O)(=O)c2c(F)cc(F)cc2Br)n1. The molecular formula is C8H6BrF2N5O2S. The van der Waals surface area contributed by atoms with Gasteiger partial charge in [0.1, 0.15) is 16.5 Å².